The molecular weight excluding hydrogens is 444 g/mol. The van der Waals surface area contributed by atoms with Crippen LogP contribution in [0.25, 0.3) is 6.08 Å². The number of allylic oxidation sites excluding steroid dienone is 1. The van der Waals surface area contributed by atoms with Crippen molar-refractivity contribution in [1.82, 2.24) is 0 Å². The second-order valence-corrected chi connectivity index (χ2v) is 4.72. The van der Waals surface area contributed by atoms with Gasteiger partial charge in [0, 0.05) is 0 Å². The zero-order valence-corrected chi connectivity index (χ0v) is 16.7. The van der Waals surface area contributed by atoms with E-state index in [2.05, 4.69) is 58.6 Å². The molecule has 95 valence electrons. The SMILES string of the molecule is Br.Br.Br.CCc1ccc2c(c1CC)C=C[CH]2[Ti]. The van der Waals surface area contributed by atoms with Gasteiger partial charge >= 0.3 is 97.9 Å². The minimum atomic E-state index is 0. The first-order valence-corrected chi connectivity index (χ1v) is 6.22. The average molecular weight is 462 g/mol. The fourth-order valence-electron chi connectivity index (χ4n) is 2.24. The first-order chi connectivity index (χ1) is 6.77. The first-order valence-electron chi connectivity index (χ1n) is 5.31. The van der Waals surface area contributed by atoms with Crippen molar-refractivity contribution in [2.24, 2.45) is 0 Å². The molecule has 2 rings (SSSR count). The van der Waals surface area contributed by atoms with Gasteiger partial charge in [-0.2, -0.15) is 0 Å². The van der Waals surface area contributed by atoms with Crippen molar-refractivity contribution in [2.45, 2.75) is 30.9 Å². The van der Waals surface area contributed by atoms with Gasteiger partial charge in [0.05, 0.1) is 0 Å². The van der Waals surface area contributed by atoms with Crippen LogP contribution in [0.1, 0.15) is 40.3 Å². The van der Waals surface area contributed by atoms with Crippen LogP contribution in [0.4, 0.5) is 0 Å². The van der Waals surface area contributed by atoms with Crippen LogP contribution < -0.4 is 0 Å². The van der Waals surface area contributed by atoms with E-state index in [4.69, 9.17) is 0 Å². The molecule has 0 aliphatic heterocycles. The normalized spacial score (nSPS) is 15.2. The van der Waals surface area contributed by atoms with Crippen LogP contribution in [0.3, 0.4) is 0 Å². The third-order valence-electron chi connectivity index (χ3n) is 3.01. The molecule has 0 nitrogen and oxygen atoms in total. The average Bonchev–Trinajstić information content (AvgIpc) is 2.59. The van der Waals surface area contributed by atoms with Gasteiger partial charge in [-0.15, -0.1) is 50.9 Å². The number of aryl methyl sites for hydroxylation is 1. The second kappa shape index (κ2) is 9.09. The summed E-state index contributed by atoms with van der Waals surface area (Å²) < 4.78 is 0.612. The molecule has 0 saturated carbocycles. The Kier molecular flexibility index (Phi) is 10.9. The van der Waals surface area contributed by atoms with Gasteiger partial charge in [-0.25, -0.2) is 0 Å². The summed E-state index contributed by atoms with van der Waals surface area (Å²) in [6.45, 7) is 4.49. The molecule has 1 aliphatic rings. The van der Waals surface area contributed by atoms with E-state index in [1.165, 1.54) is 16.7 Å². The zero-order chi connectivity index (χ0) is 10.1. The van der Waals surface area contributed by atoms with E-state index in [1.807, 2.05) is 0 Å². The third kappa shape index (κ3) is 4.04. The number of fused-ring (bicyclic) bond motifs is 1. The molecule has 0 amide bonds. The molecule has 1 aliphatic carbocycles. The summed E-state index contributed by atoms with van der Waals surface area (Å²) in [5.41, 5.74) is 6.09. The zero-order valence-electron chi connectivity index (χ0n) is 10.0. The van der Waals surface area contributed by atoms with Crippen molar-refractivity contribution in [3.05, 3.63) is 40.5 Å². The van der Waals surface area contributed by atoms with Gasteiger partial charge in [-0.1, -0.05) is 0 Å². The Hall–Kier alpha value is 1.11. The number of hydrogen-bond donors (Lipinski definition) is 0. The molecule has 0 spiro atoms. The molecule has 1 aromatic carbocycles. The number of hydrogen-bond acceptors (Lipinski definition) is 0. The molecule has 0 saturated heterocycles. The number of halogens is 3. The molecule has 0 aromatic heterocycles. The molecule has 1 unspecified atom stereocenters. The van der Waals surface area contributed by atoms with Gasteiger partial charge in [0.15, 0.2) is 0 Å². The minimum absolute atomic E-state index is 0. The Balaban J connectivity index is 0. The van der Waals surface area contributed by atoms with E-state index in [0.29, 0.717) is 4.22 Å². The number of rotatable bonds is 2. The van der Waals surface area contributed by atoms with Crippen LogP contribution in [-0.4, -0.2) is 0 Å². The topological polar surface area (TPSA) is 0 Å². The predicted molar refractivity (Wildman–Crippen MR) is 87.9 cm³/mol. The molecule has 0 heterocycles. The maximum atomic E-state index is 2.31. The van der Waals surface area contributed by atoms with Gasteiger partial charge in [-0.3, -0.25) is 0 Å². The standard InChI is InChI=1S/C13H15.3BrH.Ti/c1-3-10-8-9-11-6-5-7-13(11)12(10)4-2;;;;/h5-9H,3-4H2,1-2H3;3*1H;. The predicted octanol–water partition coefficient (Wildman–Crippen LogP) is 5.16. The van der Waals surface area contributed by atoms with E-state index < -0.39 is 0 Å². The maximum absolute atomic E-state index is 2.31. The summed E-state index contributed by atoms with van der Waals surface area (Å²) in [7, 11) is 0. The van der Waals surface area contributed by atoms with E-state index in [0.717, 1.165) is 12.8 Å². The van der Waals surface area contributed by atoms with E-state index in [1.54, 1.807) is 5.56 Å². The molecule has 1 aromatic rings. The van der Waals surface area contributed by atoms with E-state index in [9.17, 15) is 0 Å². The summed E-state index contributed by atoms with van der Waals surface area (Å²) >= 11 is 2.27. The van der Waals surface area contributed by atoms with Crippen LogP contribution in [0, 0.1) is 0 Å². The summed E-state index contributed by atoms with van der Waals surface area (Å²) in [5.74, 6) is 0. The second-order valence-electron chi connectivity index (χ2n) is 3.75. The molecule has 0 fully saturated rings. The van der Waals surface area contributed by atoms with Crippen LogP contribution in [0.5, 0.6) is 0 Å². The fraction of sp³-hybridized carbons (Fsp3) is 0.385. The van der Waals surface area contributed by atoms with Crippen LogP contribution in [-0.2, 0) is 33.3 Å². The molecule has 17 heavy (non-hydrogen) atoms. The van der Waals surface area contributed by atoms with Crippen molar-refractivity contribution in [3.8, 4) is 0 Å². The Labute approximate surface area is 147 Å². The Morgan fingerprint density at radius 1 is 1.06 bits per heavy atom. The Morgan fingerprint density at radius 3 is 2.24 bits per heavy atom. The van der Waals surface area contributed by atoms with Gasteiger partial charge in [-0.05, 0) is 0 Å². The molecule has 1 atom stereocenters. The van der Waals surface area contributed by atoms with Crippen LogP contribution in [0.15, 0.2) is 18.2 Å². The summed E-state index contributed by atoms with van der Waals surface area (Å²) in [5, 5.41) is 0. The molecular formula is C13H18Br3Ti. The van der Waals surface area contributed by atoms with Gasteiger partial charge in [0.1, 0.15) is 0 Å². The molecule has 0 radical (unpaired) electrons. The van der Waals surface area contributed by atoms with Gasteiger partial charge < -0.3 is 0 Å². The van der Waals surface area contributed by atoms with E-state index in [-0.39, 0.29) is 50.9 Å². The van der Waals surface area contributed by atoms with Crippen molar-refractivity contribution >= 4 is 57.0 Å². The van der Waals surface area contributed by atoms with Crippen molar-refractivity contribution in [3.63, 3.8) is 0 Å². The third-order valence-corrected chi connectivity index (χ3v) is 3.80. The van der Waals surface area contributed by atoms with Crippen molar-refractivity contribution in [1.29, 1.82) is 0 Å². The Bertz CT molecular complexity index is 388. The van der Waals surface area contributed by atoms with Crippen molar-refractivity contribution < 1.29 is 20.4 Å². The molecule has 4 heteroatoms. The van der Waals surface area contributed by atoms with E-state index >= 15 is 0 Å². The first kappa shape index (κ1) is 20.4. The van der Waals surface area contributed by atoms with Gasteiger partial charge in [0.25, 0.3) is 0 Å². The summed E-state index contributed by atoms with van der Waals surface area (Å²) in [4.78, 5) is 0. The van der Waals surface area contributed by atoms with Crippen LogP contribution >= 0.6 is 50.9 Å². The van der Waals surface area contributed by atoms with Gasteiger partial charge in [0.2, 0.25) is 0 Å². The fourth-order valence-corrected chi connectivity index (χ4v) is 2.78. The summed E-state index contributed by atoms with van der Waals surface area (Å²) in [6, 6.07) is 4.61. The quantitative estimate of drug-likeness (QED) is 0.534. The number of benzene rings is 1. The van der Waals surface area contributed by atoms with Crippen LogP contribution in [0.2, 0.25) is 0 Å². The Morgan fingerprint density at radius 2 is 1.71 bits per heavy atom. The molecule has 0 bridgehead atoms. The summed E-state index contributed by atoms with van der Waals surface area (Å²) in [6.07, 6.45) is 6.92. The molecule has 0 N–H and O–H groups in total. The van der Waals surface area contributed by atoms with Crippen molar-refractivity contribution in [2.75, 3.05) is 0 Å². The monoisotopic (exact) mass is 459 g/mol.